The molecule has 134 valence electrons. The van der Waals surface area contributed by atoms with E-state index >= 15 is 0 Å². The SMILES string of the molecule is CCNC(=NCCCC(=O)OCC)NCCCN1CCOCC1. The van der Waals surface area contributed by atoms with E-state index in [4.69, 9.17) is 9.47 Å². The van der Waals surface area contributed by atoms with Crippen LogP contribution in [0.5, 0.6) is 0 Å². The van der Waals surface area contributed by atoms with Crippen molar-refractivity contribution in [1.82, 2.24) is 15.5 Å². The molecule has 0 unspecified atom stereocenters. The van der Waals surface area contributed by atoms with Gasteiger partial charge in [0.05, 0.1) is 19.8 Å². The molecule has 1 aliphatic heterocycles. The van der Waals surface area contributed by atoms with Crippen molar-refractivity contribution >= 4 is 11.9 Å². The summed E-state index contributed by atoms with van der Waals surface area (Å²) in [5.74, 6) is 0.671. The van der Waals surface area contributed by atoms with Crippen molar-refractivity contribution in [2.75, 3.05) is 59.1 Å². The molecule has 0 aliphatic carbocycles. The second-order valence-electron chi connectivity index (χ2n) is 5.40. The largest absolute Gasteiger partial charge is 0.466 e. The van der Waals surface area contributed by atoms with Crippen molar-refractivity contribution in [3.05, 3.63) is 0 Å². The fraction of sp³-hybridized carbons (Fsp3) is 0.875. The predicted molar refractivity (Wildman–Crippen MR) is 91.7 cm³/mol. The minimum atomic E-state index is -0.147. The Morgan fingerprint density at radius 1 is 1.22 bits per heavy atom. The number of carbonyl (C=O) groups excluding carboxylic acids is 1. The van der Waals surface area contributed by atoms with Crippen molar-refractivity contribution < 1.29 is 14.3 Å². The maximum absolute atomic E-state index is 11.3. The van der Waals surface area contributed by atoms with Gasteiger partial charge in [-0.15, -0.1) is 0 Å². The molecule has 7 nitrogen and oxygen atoms in total. The maximum atomic E-state index is 11.3. The van der Waals surface area contributed by atoms with E-state index in [2.05, 4.69) is 20.5 Å². The van der Waals surface area contributed by atoms with Crippen molar-refractivity contribution in [2.45, 2.75) is 33.1 Å². The van der Waals surface area contributed by atoms with Crippen molar-refractivity contribution in [2.24, 2.45) is 4.99 Å². The van der Waals surface area contributed by atoms with Gasteiger partial charge in [-0.05, 0) is 33.2 Å². The van der Waals surface area contributed by atoms with Crippen LogP contribution in [-0.2, 0) is 14.3 Å². The second-order valence-corrected chi connectivity index (χ2v) is 5.40. The third kappa shape index (κ3) is 10.1. The van der Waals surface area contributed by atoms with E-state index in [1.807, 2.05) is 13.8 Å². The van der Waals surface area contributed by atoms with Gasteiger partial charge < -0.3 is 20.1 Å². The van der Waals surface area contributed by atoms with Crippen LogP contribution in [0.15, 0.2) is 4.99 Å². The lowest BCUT2D eigenvalue weighted by molar-refractivity contribution is -0.143. The summed E-state index contributed by atoms with van der Waals surface area (Å²) in [6.07, 6.45) is 2.21. The molecule has 0 aromatic carbocycles. The summed E-state index contributed by atoms with van der Waals surface area (Å²) >= 11 is 0. The smallest absolute Gasteiger partial charge is 0.305 e. The van der Waals surface area contributed by atoms with E-state index in [9.17, 15) is 4.79 Å². The summed E-state index contributed by atoms with van der Waals surface area (Å²) in [4.78, 5) is 18.2. The van der Waals surface area contributed by atoms with Gasteiger partial charge in [-0.1, -0.05) is 0 Å². The topological polar surface area (TPSA) is 75.2 Å². The minimum Gasteiger partial charge on any atom is -0.466 e. The number of carbonyl (C=O) groups is 1. The van der Waals surface area contributed by atoms with Crippen molar-refractivity contribution in [3.8, 4) is 0 Å². The number of hydrogen-bond acceptors (Lipinski definition) is 5. The number of aliphatic imine (C=N–C) groups is 1. The molecule has 1 fully saturated rings. The zero-order valence-electron chi connectivity index (χ0n) is 14.6. The molecule has 0 amide bonds. The van der Waals surface area contributed by atoms with Crippen LogP contribution < -0.4 is 10.6 Å². The van der Waals surface area contributed by atoms with Crippen LogP contribution in [0.4, 0.5) is 0 Å². The minimum absolute atomic E-state index is 0.147. The Labute approximate surface area is 139 Å². The summed E-state index contributed by atoms with van der Waals surface area (Å²) in [5, 5.41) is 6.56. The molecule has 0 aromatic heterocycles. The molecule has 23 heavy (non-hydrogen) atoms. The lowest BCUT2D eigenvalue weighted by Gasteiger charge is -2.26. The third-order valence-corrected chi connectivity index (χ3v) is 3.51. The second kappa shape index (κ2) is 13.1. The fourth-order valence-corrected chi connectivity index (χ4v) is 2.32. The molecule has 1 heterocycles. The van der Waals surface area contributed by atoms with Gasteiger partial charge in [-0.3, -0.25) is 14.7 Å². The first-order chi connectivity index (χ1) is 11.3. The Morgan fingerprint density at radius 3 is 2.70 bits per heavy atom. The molecule has 1 rings (SSSR count). The molecular formula is C16H32N4O3. The molecule has 0 radical (unpaired) electrons. The van der Waals surface area contributed by atoms with Crippen LogP contribution in [0.2, 0.25) is 0 Å². The normalized spacial score (nSPS) is 16.2. The van der Waals surface area contributed by atoms with Crippen LogP contribution in [0, 0.1) is 0 Å². The molecule has 7 heteroatoms. The summed E-state index contributed by atoms with van der Waals surface area (Å²) in [6.45, 7) is 11.5. The van der Waals surface area contributed by atoms with Gasteiger partial charge in [0.25, 0.3) is 0 Å². The van der Waals surface area contributed by atoms with E-state index in [1.54, 1.807) is 0 Å². The highest BCUT2D eigenvalue weighted by Crippen LogP contribution is 1.97. The number of nitrogens with zero attached hydrogens (tertiary/aromatic N) is 2. The number of rotatable bonds is 10. The highest BCUT2D eigenvalue weighted by atomic mass is 16.5. The van der Waals surface area contributed by atoms with Crippen LogP contribution >= 0.6 is 0 Å². The zero-order valence-corrected chi connectivity index (χ0v) is 14.6. The van der Waals surface area contributed by atoms with E-state index in [1.165, 1.54) is 0 Å². The number of ether oxygens (including phenoxy) is 2. The number of guanidine groups is 1. The van der Waals surface area contributed by atoms with Gasteiger partial charge in [0.2, 0.25) is 0 Å². The number of esters is 1. The number of hydrogen-bond donors (Lipinski definition) is 2. The molecule has 0 aromatic rings. The third-order valence-electron chi connectivity index (χ3n) is 3.51. The van der Waals surface area contributed by atoms with Gasteiger partial charge in [0, 0.05) is 39.1 Å². The fourth-order valence-electron chi connectivity index (χ4n) is 2.32. The highest BCUT2D eigenvalue weighted by Gasteiger charge is 2.09. The monoisotopic (exact) mass is 328 g/mol. The van der Waals surface area contributed by atoms with Crippen LogP contribution in [-0.4, -0.2) is 75.9 Å². The Kier molecular flexibility index (Phi) is 11.3. The highest BCUT2D eigenvalue weighted by molar-refractivity contribution is 5.79. The van der Waals surface area contributed by atoms with E-state index in [-0.39, 0.29) is 5.97 Å². The van der Waals surface area contributed by atoms with E-state index in [0.29, 0.717) is 26.0 Å². The Morgan fingerprint density at radius 2 is 2.00 bits per heavy atom. The number of nitrogens with one attached hydrogen (secondary N) is 2. The van der Waals surface area contributed by atoms with Gasteiger partial charge in [0.15, 0.2) is 5.96 Å². The van der Waals surface area contributed by atoms with Crippen LogP contribution in [0.3, 0.4) is 0 Å². The Balaban J connectivity index is 2.14. The van der Waals surface area contributed by atoms with Gasteiger partial charge in [0.1, 0.15) is 0 Å². The maximum Gasteiger partial charge on any atom is 0.305 e. The van der Waals surface area contributed by atoms with Crippen LogP contribution in [0.1, 0.15) is 33.1 Å². The van der Waals surface area contributed by atoms with E-state index < -0.39 is 0 Å². The van der Waals surface area contributed by atoms with Crippen molar-refractivity contribution in [3.63, 3.8) is 0 Å². The van der Waals surface area contributed by atoms with E-state index in [0.717, 1.165) is 58.3 Å². The lowest BCUT2D eigenvalue weighted by Crippen LogP contribution is -2.40. The zero-order chi connectivity index (χ0) is 16.8. The van der Waals surface area contributed by atoms with Gasteiger partial charge >= 0.3 is 5.97 Å². The molecular weight excluding hydrogens is 296 g/mol. The lowest BCUT2D eigenvalue weighted by atomic mass is 10.3. The van der Waals surface area contributed by atoms with Gasteiger partial charge in [-0.25, -0.2) is 0 Å². The quantitative estimate of drug-likeness (QED) is 0.265. The Bertz CT molecular complexity index is 344. The first kappa shape index (κ1) is 19.7. The van der Waals surface area contributed by atoms with Crippen molar-refractivity contribution in [1.29, 1.82) is 0 Å². The molecule has 1 saturated heterocycles. The summed E-state index contributed by atoms with van der Waals surface area (Å²) < 4.78 is 10.2. The predicted octanol–water partition coefficient (Wildman–Crippen LogP) is 0.607. The molecule has 0 bridgehead atoms. The van der Waals surface area contributed by atoms with Gasteiger partial charge in [-0.2, -0.15) is 0 Å². The molecule has 2 N–H and O–H groups in total. The standard InChI is InChI=1S/C16H32N4O3/c1-3-17-16(18-8-5-7-15(21)23-4-2)19-9-6-10-20-11-13-22-14-12-20/h3-14H2,1-2H3,(H2,17,18,19). The Hall–Kier alpha value is -1.34. The molecule has 1 aliphatic rings. The summed E-state index contributed by atoms with van der Waals surface area (Å²) in [7, 11) is 0. The molecule has 0 saturated carbocycles. The summed E-state index contributed by atoms with van der Waals surface area (Å²) in [5.41, 5.74) is 0. The molecule has 0 atom stereocenters. The summed E-state index contributed by atoms with van der Waals surface area (Å²) in [6, 6.07) is 0. The first-order valence-electron chi connectivity index (χ1n) is 8.74. The number of morpholine rings is 1. The first-order valence-corrected chi connectivity index (χ1v) is 8.74. The molecule has 0 spiro atoms. The average molecular weight is 328 g/mol. The average Bonchev–Trinajstić information content (AvgIpc) is 2.56. The van der Waals surface area contributed by atoms with Crippen LogP contribution in [0.25, 0.3) is 0 Å².